The minimum absolute atomic E-state index is 0.0168. The van der Waals surface area contributed by atoms with Crippen molar-refractivity contribution >= 4 is 19.7 Å². The van der Waals surface area contributed by atoms with Crippen LogP contribution in [0.3, 0.4) is 0 Å². The SMILES string of the molecule is CCCCCCCCCCCC/C=C/C(OC(=O)CCCCCCCCCCCCCCCC)C(COP(=O)([O-])OCC[N+](C)(C)C)NC(=O)CCCCCCCCCCCCCCCCCCCCC. The molecule has 1 N–H and O–H groups in total. The highest BCUT2D eigenvalue weighted by atomic mass is 31.2. The quantitative estimate of drug-likeness (QED) is 0.0212. The van der Waals surface area contributed by atoms with Crippen LogP contribution in [0.15, 0.2) is 12.2 Å². The molecular formula is C61H121N2O7P. The second kappa shape index (κ2) is 52.2. The summed E-state index contributed by atoms with van der Waals surface area (Å²) in [5.41, 5.74) is 0. The van der Waals surface area contributed by atoms with E-state index in [2.05, 4.69) is 26.1 Å². The number of nitrogens with zero attached hydrogens (tertiary/aromatic N) is 1. The van der Waals surface area contributed by atoms with Crippen LogP contribution in [-0.4, -0.2) is 69.4 Å². The zero-order valence-corrected chi connectivity index (χ0v) is 49.1. The summed E-state index contributed by atoms with van der Waals surface area (Å²) in [6, 6.07) is -0.878. The van der Waals surface area contributed by atoms with Gasteiger partial charge in [-0.05, 0) is 31.8 Å². The van der Waals surface area contributed by atoms with Crippen LogP contribution < -0.4 is 10.2 Å². The maximum atomic E-state index is 13.5. The maximum Gasteiger partial charge on any atom is 0.306 e. The van der Waals surface area contributed by atoms with E-state index in [4.69, 9.17) is 13.8 Å². The Morgan fingerprint density at radius 2 is 0.803 bits per heavy atom. The molecule has 71 heavy (non-hydrogen) atoms. The molecule has 0 aliphatic heterocycles. The van der Waals surface area contributed by atoms with Gasteiger partial charge in [0.05, 0.1) is 33.8 Å². The van der Waals surface area contributed by atoms with Crippen LogP contribution in [-0.2, 0) is 27.9 Å². The van der Waals surface area contributed by atoms with Gasteiger partial charge in [0, 0.05) is 12.8 Å². The number of phosphoric acid groups is 1. The lowest BCUT2D eigenvalue weighted by Gasteiger charge is -2.30. The standard InChI is InChI=1S/C61H121N2O7P/c1-7-10-13-16-19-22-25-28-30-31-32-33-34-35-38-41-44-47-50-53-60(64)62-58(57-69-71(66,67)68-56-55-63(4,5)6)59(52-49-46-43-40-37-27-24-21-18-15-12-9-3)70-61(65)54-51-48-45-42-39-36-29-26-23-20-17-14-11-8-2/h49,52,58-59H,7-48,50-51,53-57H2,1-6H3,(H-,62,64,66,67)/b52-49+. The van der Waals surface area contributed by atoms with Gasteiger partial charge in [0.2, 0.25) is 5.91 Å². The highest BCUT2D eigenvalue weighted by Gasteiger charge is 2.27. The molecule has 1 amide bonds. The third-order valence-electron chi connectivity index (χ3n) is 14.2. The Kier molecular flexibility index (Phi) is 51.3. The van der Waals surface area contributed by atoms with Crippen molar-refractivity contribution in [1.29, 1.82) is 0 Å². The molecule has 0 heterocycles. The van der Waals surface area contributed by atoms with Gasteiger partial charge in [0.1, 0.15) is 19.3 Å². The molecular weight excluding hydrogens is 904 g/mol. The Hall–Kier alpha value is -1.25. The van der Waals surface area contributed by atoms with Crippen LogP contribution in [0.25, 0.3) is 0 Å². The van der Waals surface area contributed by atoms with Crippen LogP contribution in [0.1, 0.15) is 316 Å². The topological polar surface area (TPSA) is 114 Å². The van der Waals surface area contributed by atoms with Crippen molar-refractivity contribution < 1.29 is 37.3 Å². The number of likely N-dealkylation sites (N-methyl/N-ethyl adjacent to an activating group) is 1. The lowest BCUT2D eigenvalue weighted by Crippen LogP contribution is -2.47. The molecule has 0 fully saturated rings. The van der Waals surface area contributed by atoms with Crippen molar-refractivity contribution in [3.05, 3.63) is 12.2 Å². The number of amides is 1. The summed E-state index contributed by atoms with van der Waals surface area (Å²) < 4.78 is 30.3. The number of hydrogen-bond acceptors (Lipinski definition) is 7. The number of carbonyl (C=O) groups excluding carboxylic acids is 2. The van der Waals surface area contributed by atoms with Crippen molar-refractivity contribution in [2.45, 2.75) is 328 Å². The second-order valence-corrected chi connectivity index (χ2v) is 24.0. The van der Waals surface area contributed by atoms with Gasteiger partial charge in [-0.1, -0.05) is 284 Å². The number of carbonyl (C=O) groups is 2. The molecule has 0 saturated carbocycles. The molecule has 0 saturated heterocycles. The van der Waals surface area contributed by atoms with Crippen LogP contribution in [0.2, 0.25) is 0 Å². The van der Waals surface area contributed by atoms with E-state index in [1.165, 1.54) is 225 Å². The predicted molar refractivity (Wildman–Crippen MR) is 303 cm³/mol. The fraction of sp³-hybridized carbons (Fsp3) is 0.934. The molecule has 0 aromatic rings. The average Bonchev–Trinajstić information content (AvgIpc) is 3.33. The van der Waals surface area contributed by atoms with Gasteiger partial charge >= 0.3 is 5.97 Å². The molecule has 0 bridgehead atoms. The van der Waals surface area contributed by atoms with Gasteiger partial charge in [0.25, 0.3) is 7.82 Å². The molecule has 422 valence electrons. The molecule has 0 rings (SSSR count). The lowest BCUT2D eigenvalue weighted by atomic mass is 10.0. The monoisotopic (exact) mass is 1020 g/mol. The van der Waals surface area contributed by atoms with Gasteiger partial charge in [-0.3, -0.25) is 14.2 Å². The van der Waals surface area contributed by atoms with Crippen LogP contribution in [0, 0.1) is 0 Å². The Bertz CT molecular complexity index is 1230. The predicted octanol–water partition coefficient (Wildman–Crippen LogP) is 18.2. The summed E-state index contributed by atoms with van der Waals surface area (Å²) in [4.78, 5) is 39.9. The summed E-state index contributed by atoms with van der Waals surface area (Å²) in [6.07, 6.45) is 58.8. The number of ether oxygens (including phenoxy) is 1. The minimum Gasteiger partial charge on any atom is -0.756 e. The van der Waals surface area contributed by atoms with E-state index < -0.39 is 20.0 Å². The van der Waals surface area contributed by atoms with Crippen LogP contribution in [0.5, 0.6) is 0 Å². The Balaban J connectivity index is 5.20. The Labute approximate surface area is 441 Å². The molecule has 0 aromatic carbocycles. The van der Waals surface area contributed by atoms with E-state index >= 15 is 0 Å². The Morgan fingerprint density at radius 1 is 0.479 bits per heavy atom. The van der Waals surface area contributed by atoms with Gasteiger partial charge in [-0.2, -0.15) is 0 Å². The fourth-order valence-electron chi connectivity index (χ4n) is 9.41. The fourth-order valence-corrected chi connectivity index (χ4v) is 10.1. The van der Waals surface area contributed by atoms with E-state index in [0.717, 1.165) is 57.8 Å². The van der Waals surface area contributed by atoms with Crippen LogP contribution >= 0.6 is 7.82 Å². The third-order valence-corrected chi connectivity index (χ3v) is 15.2. The first-order chi connectivity index (χ1) is 34.4. The maximum absolute atomic E-state index is 13.5. The van der Waals surface area contributed by atoms with Gasteiger partial charge in [-0.15, -0.1) is 0 Å². The summed E-state index contributed by atoms with van der Waals surface area (Å²) in [7, 11) is 1.21. The first-order valence-corrected chi connectivity index (χ1v) is 32.5. The summed E-state index contributed by atoms with van der Waals surface area (Å²) in [6.45, 7) is 6.89. The zero-order valence-electron chi connectivity index (χ0n) is 48.2. The van der Waals surface area contributed by atoms with Gasteiger partial charge in [0.15, 0.2) is 0 Å². The molecule has 9 nitrogen and oxygen atoms in total. The molecule has 0 aliphatic carbocycles. The average molecular weight is 1030 g/mol. The summed E-state index contributed by atoms with van der Waals surface area (Å²) in [5.74, 6) is -0.520. The number of allylic oxidation sites excluding steroid dienone is 1. The highest BCUT2D eigenvalue weighted by molar-refractivity contribution is 7.45. The first-order valence-electron chi connectivity index (χ1n) is 31.0. The molecule has 3 atom stereocenters. The molecule has 0 radical (unpaired) electrons. The number of nitrogens with one attached hydrogen (secondary N) is 1. The van der Waals surface area contributed by atoms with Crippen molar-refractivity contribution in [1.82, 2.24) is 5.32 Å². The van der Waals surface area contributed by atoms with E-state index in [1.54, 1.807) is 0 Å². The molecule has 10 heteroatoms. The molecule has 0 aliphatic rings. The normalized spacial score (nSPS) is 13.7. The number of rotatable bonds is 57. The van der Waals surface area contributed by atoms with Crippen molar-refractivity contribution in [2.75, 3.05) is 40.9 Å². The third kappa shape index (κ3) is 53.4. The minimum atomic E-state index is -4.69. The van der Waals surface area contributed by atoms with Gasteiger partial charge < -0.3 is 28.5 Å². The van der Waals surface area contributed by atoms with Crippen molar-refractivity contribution in [3.63, 3.8) is 0 Å². The zero-order chi connectivity index (χ0) is 52.2. The molecule has 0 spiro atoms. The number of unbranched alkanes of at least 4 members (excludes halogenated alkanes) is 41. The molecule has 3 unspecified atom stereocenters. The number of quaternary nitrogens is 1. The van der Waals surface area contributed by atoms with E-state index in [9.17, 15) is 19.0 Å². The number of phosphoric ester groups is 1. The van der Waals surface area contributed by atoms with Crippen molar-refractivity contribution in [2.24, 2.45) is 0 Å². The summed E-state index contributed by atoms with van der Waals surface area (Å²) in [5, 5.41) is 3.04. The number of hydrogen-bond donors (Lipinski definition) is 1. The first kappa shape index (κ1) is 69.8. The lowest BCUT2D eigenvalue weighted by molar-refractivity contribution is -0.870. The van der Waals surface area contributed by atoms with Crippen molar-refractivity contribution in [3.8, 4) is 0 Å². The summed E-state index contributed by atoms with van der Waals surface area (Å²) >= 11 is 0. The van der Waals surface area contributed by atoms with E-state index in [1.807, 2.05) is 33.3 Å². The highest BCUT2D eigenvalue weighted by Crippen LogP contribution is 2.38. The van der Waals surface area contributed by atoms with E-state index in [0.29, 0.717) is 17.4 Å². The second-order valence-electron chi connectivity index (χ2n) is 22.6. The smallest absolute Gasteiger partial charge is 0.306 e. The number of esters is 1. The van der Waals surface area contributed by atoms with E-state index in [-0.39, 0.29) is 31.5 Å². The molecule has 0 aromatic heterocycles. The van der Waals surface area contributed by atoms with Crippen LogP contribution in [0.4, 0.5) is 0 Å². The largest absolute Gasteiger partial charge is 0.756 e. The Morgan fingerprint density at radius 3 is 1.15 bits per heavy atom. The van der Waals surface area contributed by atoms with Gasteiger partial charge in [-0.25, -0.2) is 0 Å².